The number of nitrogens with zero attached hydrogens (tertiary/aromatic N) is 1. The maximum atomic E-state index is 12.2. The predicted molar refractivity (Wildman–Crippen MR) is 94.0 cm³/mol. The minimum Gasteiger partial charge on any atom is -0.454 e. The molecule has 1 aliphatic rings. The van der Waals surface area contributed by atoms with Crippen molar-refractivity contribution in [3.8, 4) is 11.5 Å². The molecular formula is C19H20N2O4. The summed E-state index contributed by atoms with van der Waals surface area (Å²) in [6.07, 6.45) is 0.935. The Hall–Kier alpha value is -3.02. The Labute approximate surface area is 146 Å². The third-order valence-corrected chi connectivity index (χ3v) is 3.88. The van der Waals surface area contributed by atoms with Crippen LogP contribution in [0.5, 0.6) is 11.5 Å². The van der Waals surface area contributed by atoms with E-state index in [1.54, 1.807) is 38.4 Å². The second-order valence-corrected chi connectivity index (χ2v) is 6.02. The van der Waals surface area contributed by atoms with E-state index in [1.165, 1.54) is 4.90 Å². The number of nitrogens with one attached hydrogen (secondary N) is 1. The lowest BCUT2D eigenvalue weighted by Gasteiger charge is -2.11. The zero-order valence-corrected chi connectivity index (χ0v) is 14.2. The first-order valence-corrected chi connectivity index (χ1v) is 8.03. The van der Waals surface area contributed by atoms with Gasteiger partial charge in [-0.3, -0.25) is 9.59 Å². The molecule has 0 aliphatic carbocycles. The van der Waals surface area contributed by atoms with E-state index in [0.29, 0.717) is 29.8 Å². The van der Waals surface area contributed by atoms with E-state index < -0.39 is 0 Å². The van der Waals surface area contributed by atoms with Crippen molar-refractivity contribution in [2.45, 2.75) is 12.8 Å². The molecule has 1 aliphatic heterocycles. The average molecular weight is 340 g/mol. The number of anilines is 1. The van der Waals surface area contributed by atoms with Gasteiger partial charge in [-0.2, -0.15) is 0 Å². The zero-order chi connectivity index (χ0) is 17.8. The van der Waals surface area contributed by atoms with E-state index in [2.05, 4.69) is 5.32 Å². The molecule has 130 valence electrons. The minimum atomic E-state index is -0.105. The van der Waals surface area contributed by atoms with Crippen molar-refractivity contribution in [3.05, 3.63) is 53.6 Å². The van der Waals surface area contributed by atoms with E-state index in [0.717, 1.165) is 11.3 Å². The molecule has 1 heterocycles. The summed E-state index contributed by atoms with van der Waals surface area (Å²) in [6, 6.07) is 12.6. The number of hydrogen-bond donors (Lipinski definition) is 1. The standard InChI is InChI=1S/C19H20N2O4/c1-21(2)19(23)14-4-3-5-15(11-14)20-18(22)9-7-13-6-8-16-17(10-13)25-12-24-16/h3-6,8,10-11H,7,9,12H2,1-2H3,(H,20,22). The van der Waals surface area contributed by atoms with E-state index in [4.69, 9.17) is 9.47 Å². The Morgan fingerprint density at radius 1 is 1.08 bits per heavy atom. The number of amides is 2. The van der Waals surface area contributed by atoms with Gasteiger partial charge in [0.15, 0.2) is 11.5 Å². The van der Waals surface area contributed by atoms with Crippen molar-refractivity contribution in [2.24, 2.45) is 0 Å². The van der Waals surface area contributed by atoms with Crippen LogP contribution in [0.2, 0.25) is 0 Å². The quantitative estimate of drug-likeness (QED) is 0.909. The molecule has 0 atom stereocenters. The summed E-state index contributed by atoms with van der Waals surface area (Å²) < 4.78 is 10.6. The first-order valence-electron chi connectivity index (χ1n) is 8.03. The largest absolute Gasteiger partial charge is 0.454 e. The van der Waals surface area contributed by atoms with Gasteiger partial charge in [-0.25, -0.2) is 0 Å². The molecule has 0 saturated carbocycles. The van der Waals surface area contributed by atoms with Gasteiger partial charge in [0.25, 0.3) is 5.91 Å². The molecule has 2 amide bonds. The smallest absolute Gasteiger partial charge is 0.253 e. The van der Waals surface area contributed by atoms with Crippen LogP contribution in [0, 0.1) is 0 Å². The van der Waals surface area contributed by atoms with Crippen LogP contribution in [0.1, 0.15) is 22.3 Å². The highest BCUT2D eigenvalue weighted by molar-refractivity contribution is 5.97. The number of ether oxygens (including phenoxy) is 2. The zero-order valence-electron chi connectivity index (χ0n) is 14.2. The molecule has 0 unspecified atom stereocenters. The second-order valence-electron chi connectivity index (χ2n) is 6.02. The van der Waals surface area contributed by atoms with Gasteiger partial charge in [-0.05, 0) is 42.3 Å². The number of fused-ring (bicyclic) bond motifs is 1. The fourth-order valence-electron chi connectivity index (χ4n) is 2.57. The highest BCUT2D eigenvalue weighted by atomic mass is 16.7. The lowest BCUT2D eigenvalue weighted by molar-refractivity contribution is -0.116. The van der Waals surface area contributed by atoms with Gasteiger partial charge >= 0.3 is 0 Å². The molecule has 0 bridgehead atoms. The highest BCUT2D eigenvalue weighted by Crippen LogP contribution is 2.32. The average Bonchev–Trinajstić information content (AvgIpc) is 3.07. The van der Waals surface area contributed by atoms with Crippen LogP contribution >= 0.6 is 0 Å². The molecule has 2 aromatic rings. The number of benzene rings is 2. The van der Waals surface area contributed by atoms with Gasteiger partial charge in [0.05, 0.1) is 0 Å². The van der Waals surface area contributed by atoms with Gasteiger partial charge in [-0.1, -0.05) is 12.1 Å². The van der Waals surface area contributed by atoms with E-state index in [-0.39, 0.29) is 18.6 Å². The molecule has 6 heteroatoms. The fraction of sp³-hybridized carbons (Fsp3) is 0.263. The van der Waals surface area contributed by atoms with Crippen LogP contribution < -0.4 is 14.8 Å². The van der Waals surface area contributed by atoms with Crippen LogP contribution in [-0.2, 0) is 11.2 Å². The number of rotatable bonds is 5. The molecule has 3 rings (SSSR count). The van der Waals surface area contributed by atoms with Gasteiger partial charge in [-0.15, -0.1) is 0 Å². The van der Waals surface area contributed by atoms with Crippen molar-refractivity contribution in [1.29, 1.82) is 0 Å². The maximum absolute atomic E-state index is 12.2. The van der Waals surface area contributed by atoms with E-state index in [1.807, 2.05) is 18.2 Å². The fourth-order valence-corrected chi connectivity index (χ4v) is 2.57. The van der Waals surface area contributed by atoms with Crippen LogP contribution in [0.25, 0.3) is 0 Å². The molecule has 0 saturated heterocycles. The Kier molecular flexibility index (Phi) is 4.88. The summed E-state index contributed by atoms with van der Waals surface area (Å²) in [7, 11) is 3.39. The summed E-state index contributed by atoms with van der Waals surface area (Å²) in [5, 5.41) is 2.83. The molecule has 0 spiro atoms. The van der Waals surface area contributed by atoms with Gasteiger partial charge < -0.3 is 19.7 Å². The van der Waals surface area contributed by atoms with Crippen molar-refractivity contribution in [2.75, 3.05) is 26.2 Å². The van der Waals surface area contributed by atoms with Crippen molar-refractivity contribution < 1.29 is 19.1 Å². The first kappa shape index (κ1) is 16.8. The monoisotopic (exact) mass is 340 g/mol. The summed E-state index contributed by atoms with van der Waals surface area (Å²) in [6.45, 7) is 0.237. The lowest BCUT2D eigenvalue weighted by atomic mass is 10.1. The molecule has 2 aromatic carbocycles. The van der Waals surface area contributed by atoms with E-state index >= 15 is 0 Å². The molecular weight excluding hydrogens is 320 g/mol. The summed E-state index contributed by atoms with van der Waals surface area (Å²) >= 11 is 0. The number of aryl methyl sites for hydroxylation is 1. The minimum absolute atomic E-state index is 0.101. The first-order chi connectivity index (χ1) is 12.0. The van der Waals surface area contributed by atoms with Crippen LogP contribution in [0.3, 0.4) is 0 Å². The third kappa shape index (κ3) is 4.09. The van der Waals surface area contributed by atoms with Crippen LogP contribution in [0.4, 0.5) is 5.69 Å². The lowest BCUT2D eigenvalue weighted by Crippen LogP contribution is -2.22. The Morgan fingerprint density at radius 2 is 1.88 bits per heavy atom. The Balaban J connectivity index is 1.57. The number of carbonyl (C=O) groups is 2. The number of carbonyl (C=O) groups excluding carboxylic acids is 2. The number of hydrogen-bond acceptors (Lipinski definition) is 4. The third-order valence-electron chi connectivity index (χ3n) is 3.88. The molecule has 25 heavy (non-hydrogen) atoms. The molecule has 0 fully saturated rings. The summed E-state index contributed by atoms with van der Waals surface area (Å²) in [4.78, 5) is 25.7. The topological polar surface area (TPSA) is 67.9 Å². The predicted octanol–water partition coefficient (Wildman–Crippen LogP) is 2.69. The normalized spacial score (nSPS) is 11.9. The summed E-state index contributed by atoms with van der Waals surface area (Å²) in [5.41, 5.74) is 2.16. The Morgan fingerprint density at radius 3 is 2.68 bits per heavy atom. The van der Waals surface area contributed by atoms with Gasteiger partial charge in [0.1, 0.15) is 0 Å². The molecule has 1 N–H and O–H groups in total. The van der Waals surface area contributed by atoms with Crippen molar-refractivity contribution in [3.63, 3.8) is 0 Å². The van der Waals surface area contributed by atoms with E-state index in [9.17, 15) is 9.59 Å². The summed E-state index contributed by atoms with van der Waals surface area (Å²) in [5.74, 6) is 1.24. The molecule has 6 nitrogen and oxygen atoms in total. The highest BCUT2D eigenvalue weighted by Gasteiger charge is 2.14. The van der Waals surface area contributed by atoms with Gasteiger partial charge in [0, 0.05) is 31.8 Å². The van der Waals surface area contributed by atoms with Crippen LogP contribution in [0.15, 0.2) is 42.5 Å². The second kappa shape index (κ2) is 7.25. The molecule has 0 aromatic heterocycles. The van der Waals surface area contributed by atoms with Crippen molar-refractivity contribution in [1.82, 2.24) is 4.90 Å². The SMILES string of the molecule is CN(C)C(=O)c1cccc(NC(=O)CCc2ccc3c(c2)OCO3)c1. The maximum Gasteiger partial charge on any atom is 0.253 e. The molecule has 0 radical (unpaired) electrons. The van der Waals surface area contributed by atoms with Gasteiger partial charge in [0.2, 0.25) is 12.7 Å². The Bertz CT molecular complexity index is 802. The van der Waals surface area contributed by atoms with Crippen molar-refractivity contribution >= 4 is 17.5 Å². The van der Waals surface area contributed by atoms with Crippen LogP contribution in [-0.4, -0.2) is 37.6 Å².